The number of ether oxygens (including phenoxy) is 2. The van der Waals surface area contributed by atoms with Crippen LogP contribution in [0.5, 0.6) is 5.75 Å². The molecule has 0 saturated carbocycles. The average Bonchev–Trinajstić information content (AvgIpc) is 3.00. The van der Waals surface area contributed by atoms with Gasteiger partial charge in [0.25, 0.3) is 5.91 Å². The van der Waals surface area contributed by atoms with Gasteiger partial charge in [-0.1, -0.05) is 41.1 Å². The molecule has 0 radical (unpaired) electrons. The Morgan fingerprint density at radius 3 is 2.73 bits per heavy atom. The minimum Gasteiger partial charge on any atom is -0.484 e. The summed E-state index contributed by atoms with van der Waals surface area (Å²) in [4.78, 5) is 17.2. The van der Waals surface area contributed by atoms with Crippen LogP contribution in [-0.2, 0) is 16.1 Å². The van der Waals surface area contributed by atoms with Gasteiger partial charge in [-0.2, -0.15) is 4.99 Å². The summed E-state index contributed by atoms with van der Waals surface area (Å²) in [6, 6.07) is 13.0. The third kappa shape index (κ3) is 4.15. The monoisotopic (exact) mass is 390 g/mol. The molecule has 26 heavy (non-hydrogen) atoms. The van der Waals surface area contributed by atoms with Crippen LogP contribution >= 0.6 is 22.9 Å². The molecule has 0 saturated heterocycles. The Bertz CT molecular complexity index is 980. The predicted molar refractivity (Wildman–Crippen MR) is 104 cm³/mol. The SMILES string of the molecule is COCCn1c(=NC(=O)COc2ccccc2)sc2ccc(Cl)c(C)c21. The highest BCUT2D eigenvalue weighted by Crippen LogP contribution is 2.27. The van der Waals surface area contributed by atoms with E-state index in [9.17, 15) is 4.79 Å². The molecule has 7 heteroatoms. The lowest BCUT2D eigenvalue weighted by Gasteiger charge is -2.07. The first-order chi connectivity index (χ1) is 12.6. The number of carbonyl (C=O) groups is 1. The Labute approximate surface area is 160 Å². The zero-order valence-corrected chi connectivity index (χ0v) is 16.1. The summed E-state index contributed by atoms with van der Waals surface area (Å²) in [5.74, 6) is 0.303. The fraction of sp³-hybridized carbons (Fsp3) is 0.263. The number of hydrogen-bond donors (Lipinski definition) is 0. The molecule has 3 rings (SSSR count). The number of benzene rings is 2. The molecule has 0 spiro atoms. The lowest BCUT2D eigenvalue weighted by Crippen LogP contribution is -2.21. The van der Waals surface area contributed by atoms with Gasteiger partial charge in [-0.15, -0.1) is 0 Å². The van der Waals surface area contributed by atoms with Crippen molar-refractivity contribution in [2.75, 3.05) is 20.3 Å². The molecule has 1 aromatic heterocycles. The number of para-hydroxylation sites is 1. The normalized spacial score (nSPS) is 11.9. The quantitative estimate of drug-likeness (QED) is 0.643. The molecule has 3 aromatic rings. The summed E-state index contributed by atoms with van der Waals surface area (Å²) in [5.41, 5.74) is 1.95. The Morgan fingerprint density at radius 2 is 2.00 bits per heavy atom. The average molecular weight is 391 g/mol. The second-order valence-electron chi connectivity index (χ2n) is 5.66. The first kappa shape index (κ1) is 18.6. The van der Waals surface area contributed by atoms with Crippen LogP contribution in [0, 0.1) is 6.92 Å². The summed E-state index contributed by atoms with van der Waals surface area (Å²) >= 11 is 7.72. The van der Waals surface area contributed by atoms with Crippen molar-refractivity contribution < 1.29 is 14.3 Å². The van der Waals surface area contributed by atoms with E-state index in [0.717, 1.165) is 15.8 Å². The van der Waals surface area contributed by atoms with Crippen LogP contribution in [0.2, 0.25) is 5.02 Å². The largest absolute Gasteiger partial charge is 0.484 e. The van der Waals surface area contributed by atoms with Crippen LogP contribution < -0.4 is 9.54 Å². The molecule has 1 amide bonds. The van der Waals surface area contributed by atoms with E-state index in [2.05, 4.69) is 4.99 Å². The lowest BCUT2D eigenvalue weighted by atomic mass is 10.2. The highest BCUT2D eigenvalue weighted by molar-refractivity contribution is 7.16. The van der Waals surface area contributed by atoms with E-state index in [1.807, 2.05) is 41.8 Å². The van der Waals surface area contributed by atoms with Crippen LogP contribution in [0.3, 0.4) is 0 Å². The Balaban J connectivity index is 1.93. The molecule has 0 aliphatic carbocycles. The number of aromatic nitrogens is 1. The van der Waals surface area contributed by atoms with Gasteiger partial charge in [-0.05, 0) is 36.8 Å². The van der Waals surface area contributed by atoms with Gasteiger partial charge in [0, 0.05) is 18.7 Å². The van der Waals surface area contributed by atoms with E-state index >= 15 is 0 Å². The summed E-state index contributed by atoms with van der Waals surface area (Å²) in [6.45, 7) is 2.95. The van der Waals surface area contributed by atoms with Gasteiger partial charge in [0.2, 0.25) is 0 Å². The number of aryl methyl sites for hydroxylation is 1. The van der Waals surface area contributed by atoms with Gasteiger partial charge in [-0.25, -0.2) is 0 Å². The van der Waals surface area contributed by atoms with E-state index in [0.29, 0.717) is 28.7 Å². The van der Waals surface area contributed by atoms with E-state index in [1.54, 1.807) is 19.2 Å². The number of halogens is 1. The molecule has 1 heterocycles. The van der Waals surface area contributed by atoms with Crippen molar-refractivity contribution in [3.8, 4) is 5.75 Å². The van der Waals surface area contributed by atoms with Gasteiger partial charge < -0.3 is 14.0 Å². The summed E-state index contributed by atoms with van der Waals surface area (Å²) in [5, 5.41) is 0.687. The van der Waals surface area contributed by atoms with Crippen molar-refractivity contribution in [1.82, 2.24) is 4.57 Å². The summed E-state index contributed by atoms with van der Waals surface area (Å²) < 4.78 is 13.7. The number of amides is 1. The number of thiazole rings is 1. The Hall–Kier alpha value is -2.15. The van der Waals surface area contributed by atoms with Crippen LogP contribution in [0.25, 0.3) is 10.2 Å². The van der Waals surface area contributed by atoms with Crippen molar-refractivity contribution in [2.45, 2.75) is 13.5 Å². The number of methoxy groups -OCH3 is 1. The van der Waals surface area contributed by atoms with Crippen LogP contribution in [0.4, 0.5) is 0 Å². The summed E-state index contributed by atoms with van der Waals surface area (Å²) in [7, 11) is 1.64. The molecule has 0 fully saturated rings. The summed E-state index contributed by atoms with van der Waals surface area (Å²) in [6.07, 6.45) is 0. The predicted octanol–water partition coefficient (Wildman–Crippen LogP) is 3.82. The topological polar surface area (TPSA) is 52.8 Å². The maximum absolute atomic E-state index is 12.3. The zero-order valence-electron chi connectivity index (χ0n) is 14.6. The minimum atomic E-state index is -0.338. The first-order valence-electron chi connectivity index (χ1n) is 8.13. The third-order valence-electron chi connectivity index (χ3n) is 3.87. The van der Waals surface area contributed by atoms with E-state index in [4.69, 9.17) is 21.1 Å². The van der Waals surface area contributed by atoms with Gasteiger partial charge in [0.15, 0.2) is 11.4 Å². The third-order valence-corrected chi connectivity index (χ3v) is 5.33. The van der Waals surface area contributed by atoms with E-state index < -0.39 is 0 Å². The van der Waals surface area contributed by atoms with Gasteiger partial charge in [0.1, 0.15) is 5.75 Å². The molecular formula is C19H19ClN2O3S. The van der Waals surface area contributed by atoms with E-state index in [1.165, 1.54) is 11.3 Å². The maximum Gasteiger partial charge on any atom is 0.286 e. The number of rotatable bonds is 6. The van der Waals surface area contributed by atoms with Gasteiger partial charge in [-0.3, -0.25) is 4.79 Å². The van der Waals surface area contributed by atoms with Gasteiger partial charge in [0.05, 0.1) is 16.8 Å². The molecular weight excluding hydrogens is 372 g/mol. The van der Waals surface area contributed by atoms with Crippen molar-refractivity contribution in [2.24, 2.45) is 4.99 Å². The number of fused-ring (bicyclic) bond motifs is 1. The van der Waals surface area contributed by atoms with Crippen molar-refractivity contribution in [1.29, 1.82) is 0 Å². The van der Waals surface area contributed by atoms with E-state index in [-0.39, 0.29) is 12.5 Å². The van der Waals surface area contributed by atoms with Crippen LogP contribution in [0.1, 0.15) is 5.56 Å². The minimum absolute atomic E-state index is 0.109. The molecule has 2 aromatic carbocycles. The second kappa shape index (κ2) is 8.49. The number of carbonyl (C=O) groups excluding carboxylic acids is 1. The maximum atomic E-state index is 12.3. The first-order valence-corrected chi connectivity index (χ1v) is 9.32. The Morgan fingerprint density at radius 1 is 1.23 bits per heavy atom. The fourth-order valence-electron chi connectivity index (χ4n) is 2.59. The Kier molecular flexibility index (Phi) is 6.08. The second-order valence-corrected chi connectivity index (χ2v) is 7.07. The van der Waals surface area contributed by atoms with Crippen LogP contribution in [0.15, 0.2) is 47.5 Å². The number of nitrogens with zero attached hydrogens (tertiary/aromatic N) is 2. The molecule has 0 aliphatic rings. The lowest BCUT2D eigenvalue weighted by molar-refractivity contribution is -0.120. The number of hydrogen-bond acceptors (Lipinski definition) is 4. The van der Waals surface area contributed by atoms with Crippen molar-refractivity contribution in [3.05, 3.63) is 57.9 Å². The van der Waals surface area contributed by atoms with Crippen molar-refractivity contribution >= 4 is 39.1 Å². The molecule has 0 N–H and O–H groups in total. The van der Waals surface area contributed by atoms with Gasteiger partial charge >= 0.3 is 0 Å². The van der Waals surface area contributed by atoms with Crippen molar-refractivity contribution in [3.63, 3.8) is 0 Å². The zero-order chi connectivity index (χ0) is 18.5. The molecule has 0 unspecified atom stereocenters. The molecule has 136 valence electrons. The standard InChI is InChI=1S/C19H19ClN2O3S/c1-13-15(20)8-9-16-18(13)22(10-11-24-2)19(26-16)21-17(23)12-25-14-6-4-3-5-7-14/h3-9H,10-12H2,1-2H3. The molecule has 0 aliphatic heterocycles. The highest BCUT2D eigenvalue weighted by Gasteiger charge is 2.12. The molecule has 0 bridgehead atoms. The van der Waals surface area contributed by atoms with Crippen LogP contribution in [-0.4, -0.2) is 30.8 Å². The fourth-order valence-corrected chi connectivity index (χ4v) is 3.88. The molecule has 5 nitrogen and oxygen atoms in total. The smallest absolute Gasteiger partial charge is 0.286 e. The molecule has 0 atom stereocenters. The highest BCUT2D eigenvalue weighted by atomic mass is 35.5.